The molecule has 0 aliphatic carbocycles. The predicted molar refractivity (Wildman–Crippen MR) is 168 cm³/mol. The summed E-state index contributed by atoms with van der Waals surface area (Å²) in [5.41, 5.74) is -1.21. The molecule has 5 rings (SSSR count). The van der Waals surface area contributed by atoms with Crippen LogP contribution >= 0.6 is 0 Å². The number of rotatable bonds is 14. The van der Waals surface area contributed by atoms with Gasteiger partial charge in [0.1, 0.15) is 11.6 Å². The summed E-state index contributed by atoms with van der Waals surface area (Å²) >= 11 is 0. The van der Waals surface area contributed by atoms with Crippen molar-refractivity contribution in [3.63, 3.8) is 0 Å². The van der Waals surface area contributed by atoms with E-state index in [0.29, 0.717) is 45.3 Å². The minimum Gasteiger partial charge on any atom is -0.396 e. The lowest BCUT2D eigenvalue weighted by atomic mass is 9.66. The second-order valence-corrected chi connectivity index (χ2v) is 12.4. The number of aliphatic hydroxyl groups excluding tert-OH is 1. The second kappa shape index (κ2) is 12.6. The molecule has 0 radical (unpaired) electrons. The number of ether oxygens (including phenoxy) is 1. The maximum absolute atomic E-state index is 14.8. The molecule has 5 atom stereocenters. The van der Waals surface area contributed by atoms with Gasteiger partial charge in [-0.3, -0.25) is 14.4 Å². The first-order chi connectivity index (χ1) is 20.8. The summed E-state index contributed by atoms with van der Waals surface area (Å²) in [7, 11) is 0. The largest absolute Gasteiger partial charge is 0.396 e. The molecule has 1 N–H and O–H groups in total. The summed E-state index contributed by atoms with van der Waals surface area (Å²) in [6.07, 6.45) is 7.32. The predicted octanol–water partition coefficient (Wildman–Crippen LogP) is 4.71. The Hall–Kier alpha value is -3.49. The number of benzene rings is 2. The van der Waals surface area contributed by atoms with Gasteiger partial charge >= 0.3 is 0 Å². The molecule has 8 heteroatoms. The van der Waals surface area contributed by atoms with Crippen LogP contribution in [-0.2, 0) is 19.1 Å². The Bertz CT molecular complexity index is 1390. The van der Waals surface area contributed by atoms with Crippen LogP contribution in [-0.4, -0.2) is 82.7 Å². The highest BCUT2D eigenvalue weighted by Crippen LogP contribution is 2.63. The van der Waals surface area contributed by atoms with Crippen molar-refractivity contribution in [2.24, 2.45) is 11.8 Å². The number of likely N-dealkylation sites (tertiary alicyclic amines) is 1. The van der Waals surface area contributed by atoms with Gasteiger partial charge in [-0.2, -0.15) is 0 Å². The fraction of sp³-hybridized carbons (Fsp3) is 0.514. The number of nitrogens with zero attached hydrogens (tertiary/aromatic N) is 3. The van der Waals surface area contributed by atoms with Crippen LogP contribution in [0.4, 0.5) is 5.69 Å². The quantitative estimate of drug-likeness (QED) is 0.255. The lowest BCUT2D eigenvalue weighted by molar-refractivity contribution is -0.149. The number of aliphatic hydroxyl groups is 1. The zero-order chi connectivity index (χ0) is 30.8. The van der Waals surface area contributed by atoms with Crippen molar-refractivity contribution in [2.75, 3.05) is 37.7 Å². The van der Waals surface area contributed by atoms with Crippen LogP contribution in [0.2, 0.25) is 0 Å². The van der Waals surface area contributed by atoms with Gasteiger partial charge in [0.25, 0.3) is 5.91 Å². The first kappa shape index (κ1) is 31.0. The third-order valence-electron chi connectivity index (χ3n) is 9.61. The van der Waals surface area contributed by atoms with Crippen molar-refractivity contribution in [1.82, 2.24) is 9.80 Å². The SMILES string of the molecule is C=CCN(CCC)C(=O)[C@H]1[C@H]2C(=O)N(CCCCCO)C(C(=O)N(CC=C)c3ccc4ccccc4c3)C23CC[C@]1(C)O3. The first-order valence-electron chi connectivity index (χ1n) is 15.7. The number of amides is 3. The Balaban J connectivity index is 1.56. The molecule has 3 saturated heterocycles. The Kier molecular flexibility index (Phi) is 9.09. The number of fused-ring (bicyclic) bond motifs is 2. The highest BCUT2D eigenvalue weighted by molar-refractivity contribution is 6.06. The topological polar surface area (TPSA) is 90.4 Å². The van der Waals surface area contributed by atoms with Gasteiger partial charge in [0, 0.05) is 38.5 Å². The average Bonchev–Trinajstić information content (AvgIpc) is 3.57. The van der Waals surface area contributed by atoms with Gasteiger partial charge in [0.2, 0.25) is 11.8 Å². The lowest BCUT2D eigenvalue weighted by Gasteiger charge is -2.37. The molecule has 3 amide bonds. The molecule has 0 saturated carbocycles. The van der Waals surface area contributed by atoms with E-state index in [1.54, 1.807) is 26.9 Å². The summed E-state index contributed by atoms with van der Waals surface area (Å²) in [6, 6.07) is 13.0. The summed E-state index contributed by atoms with van der Waals surface area (Å²) in [4.78, 5) is 48.6. The molecule has 2 bridgehead atoms. The van der Waals surface area contributed by atoms with E-state index in [-0.39, 0.29) is 30.9 Å². The van der Waals surface area contributed by atoms with Crippen molar-refractivity contribution in [1.29, 1.82) is 0 Å². The van der Waals surface area contributed by atoms with Crippen LogP contribution < -0.4 is 4.90 Å². The molecule has 2 unspecified atom stereocenters. The minimum atomic E-state index is -1.09. The van der Waals surface area contributed by atoms with E-state index in [2.05, 4.69) is 13.2 Å². The summed E-state index contributed by atoms with van der Waals surface area (Å²) in [5.74, 6) is -1.92. The molecule has 2 aromatic rings. The molecular formula is C35H45N3O5. The Morgan fingerprint density at radius 1 is 1.05 bits per heavy atom. The van der Waals surface area contributed by atoms with Crippen LogP contribution in [0.5, 0.6) is 0 Å². The molecule has 8 nitrogen and oxygen atoms in total. The molecule has 3 aliphatic heterocycles. The zero-order valence-electron chi connectivity index (χ0n) is 25.5. The number of anilines is 1. The normalized spacial score (nSPS) is 27.4. The number of unbranched alkanes of at least 4 members (excludes halogenated alkanes) is 2. The van der Waals surface area contributed by atoms with Crippen molar-refractivity contribution in [3.05, 3.63) is 67.8 Å². The summed E-state index contributed by atoms with van der Waals surface area (Å²) < 4.78 is 6.86. The number of carbonyl (C=O) groups excluding carboxylic acids is 3. The van der Waals surface area contributed by atoms with Gasteiger partial charge in [-0.25, -0.2) is 0 Å². The second-order valence-electron chi connectivity index (χ2n) is 12.4. The van der Waals surface area contributed by atoms with Crippen LogP contribution in [0.1, 0.15) is 52.4 Å². The van der Waals surface area contributed by atoms with Gasteiger partial charge in [0.05, 0.1) is 17.4 Å². The molecule has 230 valence electrons. The van der Waals surface area contributed by atoms with E-state index in [1.165, 1.54) is 0 Å². The molecule has 1 spiro atoms. The molecular weight excluding hydrogens is 542 g/mol. The highest BCUT2D eigenvalue weighted by atomic mass is 16.5. The zero-order valence-corrected chi connectivity index (χ0v) is 25.5. The lowest BCUT2D eigenvalue weighted by Crippen LogP contribution is -2.56. The fourth-order valence-electron chi connectivity index (χ4n) is 7.75. The Morgan fingerprint density at radius 3 is 2.49 bits per heavy atom. The van der Waals surface area contributed by atoms with E-state index in [9.17, 15) is 19.5 Å². The monoisotopic (exact) mass is 587 g/mol. The van der Waals surface area contributed by atoms with Crippen LogP contribution in [0.25, 0.3) is 10.8 Å². The van der Waals surface area contributed by atoms with E-state index in [1.807, 2.05) is 56.3 Å². The van der Waals surface area contributed by atoms with Gasteiger partial charge in [-0.1, -0.05) is 49.4 Å². The fourth-order valence-corrected chi connectivity index (χ4v) is 7.75. The molecule has 2 aromatic carbocycles. The third kappa shape index (κ3) is 5.29. The Labute approximate surface area is 255 Å². The van der Waals surface area contributed by atoms with Crippen LogP contribution in [0, 0.1) is 11.8 Å². The summed E-state index contributed by atoms with van der Waals surface area (Å²) in [5, 5.41) is 11.4. The average molecular weight is 588 g/mol. The third-order valence-corrected chi connectivity index (χ3v) is 9.61. The highest BCUT2D eigenvalue weighted by Gasteiger charge is 2.78. The summed E-state index contributed by atoms with van der Waals surface area (Å²) in [6.45, 7) is 13.4. The Morgan fingerprint density at radius 2 is 1.79 bits per heavy atom. The van der Waals surface area contributed by atoms with Crippen molar-refractivity contribution >= 4 is 34.2 Å². The van der Waals surface area contributed by atoms with E-state index in [0.717, 1.165) is 29.3 Å². The molecule has 3 aliphatic rings. The first-order valence-corrected chi connectivity index (χ1v) is 15.7. The van der Waals surface area contributed by atoms with Crippen molar-refractivity contribution < 1.29 is 24.2 Å². The van der Waals surface area contributed by atoms with E-state index < -0.39 is 29.1 Å². The smallest absolute Gasteiger partial charge is 0.253 e. The van der Waals surface area contributed by atoms with E-state index in [4.69, 9.17) is 4.74 Å². The van der Waals surface area contributed by atoms with Crippen molar-refractivity contribution in [3.8, 4) is 0 Å². The van der Waals surface area contributed by atoms with Gasteiger partial charge in [-0.15, -0.1) is 13.2 Å². The standard InChI is InChI=1S/C35H45N3O5/c1-5-19-36(20-6-2)31(40)28-29-32(41)38(22-11-8-12-23-39)30(35(29)18-17-34(28,4)43-35)33(42)37(21-7-3)27-16-15-25-13-9-10-14-26(25)24-27/h5,7,9-10,13-16,24,28-30,39H,1,3,6,8,11-12,17-23H2,2,4H3/t28-,29+,30?,34+,35?/m1/s1. The van der Waals surface area contributed by atoms with Crippen LogP contribution in [0.15, 0.2) is 67.8 Å². The van der Waals surface area contributed by atoms with Gasteiger partial charge < -0.3 is 24.5 Å². The van der Waals surface area contributed by atoms with Gasteiger partial charge in [-0.05, 0) is 68.4 Å². The van der Waals surface area contributed by atoms with E-state index >= 15 is 0 Å². The number of hydrogen-bond donors (Lipinski definition) is 1. The maximum atomic E-state index is 14.8. The molecule has 0 aromatic heterocycles. The maximum Gasteiger partial charge on any atom is 0.253 e. The molecule has 3 fully saturated rings. The number of carbonyl (C=O) groups is 3. The number of hydrogen-bond acceptors (Lipinski definition) is 5. The molecule has 43 heavy (non-hydrogen) atoms. The molecule has 3 heterocycles. The van der Waals surface area contributed by atoms with Crippen LogP contribution in [0.3, 0.4) is 0 Å². The van der Waals surface area contributed by atoms with Crippen molar-refractivity contribution in [2.45, 2.75) is 69.6 Å². The minimum absolute atomic E-state index is 0.0759. The van der Waals surface area contributed by atoms with Gasteiger partial charge in [0.15, 0.2) is 0 Å².